The van der Waals surface area contributed by atoms with Crippen molar-refractivity contribution in [3.8, 4) is 0 Å². The summed E-state index contributed by atoms with van der Waals surface area (Å²) in [6, 6.07) is 5.15. The number of rotatable bonds is 9. The maximum absolute atomic E-state index is 15.0. The molecule has 178 valence electrons. The van der Waals surface area contributed by atoms with Crippen LogP contribution in [0.3, 0.4) is 0 Å². The SMILES string of the molecule is CCCCCCCCC1CCC(c2cc(F)c(C3=Cc4cc(F)c(F)cc4C3)c(F)c2)CC1. The molecule has 2 aliphatic carbocycles. The van der Waals surface area contributed by atoms with Crippen molar-refractivity contribution >= 4 is 11.6 Å². The first-order valence-corrected chi connectivity index (χ1v) is 12.6. The summed E-state index contributed by atoms with van der Waals surface area (Å²) in [5.74, 6) is -2.12. The van der Waals surface area contributed by atoms with Gasteiger partial charge in [0, 0.05) is 5.56 Å². The second-order valence-corrected chi connectivity index (χ2v) is 9.95. The Kier molecular flexibility index (Phi) is 7.93. The molecule has 0 atom stereocenters. The fourth-order valence-corrected chi connectivity index (χ4v) is 5.63. The number of allylic oxidation sites excluding steroid dienone is 1. The van der Waals surface area contributed by atoms with E-state index in [9.17, 15) is 8.78 Å². The van der Waals surface area contributed by atoms with Gasteiger partial charge in [-0.25, -0.2) is 17.6 Å². The number of hydrogen-bond acceptors (Lipinski definition) is 0. The highest BCUT2D eigenvalue weighted by atomic mass is 19.2. The number of benzene rings is 2. The molecule has 1 fully saturated rings. The average Bonchev–Trinajstić information content (AvgIpc) is 3.18. The zero-order valence-corrected chi connectivity index (χ0v) is 19.5. The molecule has 0 aromatic heterocycles. The van der Waals surface area contributed by atoms with Crippen LogP contribution in [0.25, 0.3) is 11.6 Å². The summed E-state index contributed by atoms with van der Waals surface area (Å²) < 4.78 is 57.1. The van der Waals surface area contributed by atoms with Crippen LogP contribution >= 0.6 is 0 Å². The minimum atomic E-state index is -0.949. The van der Waals surface area contributed by atoms with E-state index in [0.717, 1.165) is 49.3 Å². The molecule has 0 amide bonds. The molecule has 0 radical (unpaired) electrons. The second kappa shape index (κ2) is 10.9. The van der Waals surface area contributed by atoms with E-state index in [4.69, 9.17) is 0 Å². The first-order valence-electron chi connectivity index (χ1n) is 12.6. The van der Waals surface area contributed by atoms with Crippen LogP contribution in [0.2, 0.25) is 0 Å². The standard InChI is InChI=1S/C29H34F4/c1-2-3-4-5-6-7-8-19-9-11-20(12-10-19)23-17-27(32)29(28(33)18-23)24-13-21-15-25(30)26(31)16-22(21)14-24/h13,15-20H,2-12,14H2,1H3. The lowest BCUT2D eigenvalue weighted by Gasteiger charge is -2.29. The maximum Gasteiger partial charge on any atom is 0.159 e. The van der Waals surface area contributed by atoms with E-state index in [1.165, 1.54) is 57.1 Å². The molecule has 0 heterocycles. The molecule has 0 unspecified atom stereocenters. The number of hydrogen-bond donors (Lipinski definition) is 0. The predicted molar refractivity (Wildman–Crippen MR) is 127 cm³/mol. The fraction of sp³-hybridized carbons (Fsp3) is 0.517. The van der Waals surface area contributed by atoms with Crippen LogP contribution in [-0.4, -0.2) is 0 Å². The summed E-state index contributed by atoms with van der Waals surface area (Å²) in [5.41, 5.74) is 2.12. The van der Waals surface area contributed by atoms with Gasteiger partial charge in [0.15, 0.2) is 11.6 Å². The van der Waals surface area contributed by atoms with Gasteiger partial charge in [-0.2, -0.15) is 0 Å². The molecule has 2 aromatic carbocycles. The van der Waals surface area contributed by atoms with Crippen LogP contribution < -0.4 is 0 Å². The first kappa shape index (κ1) is 24.0. The van der Waals surface area contributed by atoms with Gasteiger partial charge in [-0.05, 0) is 90.5 Å². The van der Waals surface area contributed by atoms with E-state index in [1.54, 1.807) is 6.08 Å². The molecule has 4 rings (SSSR count). The van der Waals surface area contributed by atoms with E-state index in [-0.39, 0.29) is 17.9 Å². The molecule has 33 heavy (non-hydrogen) atoms. The summed E-state index contributed by atoms with van der Waals surface area (Å²) in [7, 11) is 0. The van der Waals surface area contributed by atoms with Crippen LogP contribution in [0.4, 0.5) is 17.6 Å². The van der Waals surface area contributed by atoms with Gasteiger partial charge >= 0.3 is 0 Å². The molecule has 2 aromatic rings. The van der Waals surface area contributed by atoms with Gasteiger partial charge in [0.05, 0.1) is 0 Å². The lowest BCUT2D eigenvalue weighted by atomic mass is 9.76. The van der Waals surface area contributed by atoms with Crippen molar-refractivity contribution < 1.29 is 17.6 Å². The smallest absolute Gasteiger partial charge is 0.159 e. The molecule has 0 nitrogen and oxygen atoms in total. The third-order valence-electron chi connectivity index (χ3n) is 7.56. The number of fused-ring (bicyclic) bond motifs is 1. The summed E-state index contributed by atoms with van der Waals surface area (Å²) >= 11 is 0. The average molecular weight is 459 g/mol. The molecule has 0 N–H and O–H groups in total. The van der Waals surface area contributed by atoms with Gasteiger partial charge in [0.2, 0.25) is 0 Å². The highest BCUT2D eigenvalue weighted by molar-refractivity contribution is 5.89. The molecular weight excluding hydrogens is 424 g/mol. The van der Waals surface area contributed by atoms with Gasteiger partial charge in [-0.15, -0.1) is 0 Å². The Labute approximate surface area is 195 Å². The van der Waals surface area contributed by atoms with Crippen molar-refractivity contribution in [1.82, 2.24) is 0 Å². The van der Waals surface area contributed by atoms with E-state index in [1.807, 2.05) is 0 Å². The number of halogens is 4. The van der Waals surface area contributed by atoms with Crippen LogP contribution in [0.15, 0.2) is 24.3 Å². The Balaban J connectivity index is 1.35. The minimum absolute atomic E-state index is 0.0764. The van der Waals surface area contributed by atoms with Crippen molar-refractivity contribution in [2.75, 3.05) is 0 Å². The van der Waals surface area contributed by atoms with Crippen molar-refractivity contribution in [2.45, 2.75) is 89.9 Å². The summed E-state index contributed by atoms with van der Waals surface area (Å²) in [6.45, 7) is 2.24. The third kappa shape index (κ3) is 5.70. The Bertz CT molecular complexity index is 976. The van der Waals surface area contributed by atoms with Crippen LogP contribution in [0.1, 0.15) is 106 Å². The molecule has 0 spiro atoms. The van der Waals surface area contributed by atoms with Crippen molar-refractivity contribution in [3.05, 3.63) is 69.8 Å². The molecule has 0 bridgehead atoms. The topological polar surface area (TPSA) is 0 Å². The summed E-state index contributed by atoms with van der Waals surface area (Å²) in [6.07, 6.45) is 15.1. The van der Waals surface area contributed by atoms with E-state index >= 15 is 8.78 Å². The quantitative estimate of drug-likeness (QED) is 0.259. The van der Waals surface area contributed by atoms with Gasteiger partial charge in [0.25, 0.3) is 0 Å². The molecule has 4 heteroatoms. The molecular formula is C29H34F4. The van der Waals surface area contributed by atoms with Crippen LogP contribution in [-0.2, 0) is 6.42 Å². The van der Waals surface area contributed by atoms with E-state index < -0.39 is 23.3 Å². The van der Waals surface area contributed by atoms with E-state index in [0.29, 0.717) is 16.7 Å². The molecule has 0 saturated heterocycles. The van der Waals surface area contributed by atoms with E-state index in [2.05, 4.69) is 6.92 Å². The van der Waals surface area contributed by atoms with Gasteiger partial charge < -0.3 is 0 Å². The molecule has 2 aliphatic rings. The minimum Gasteiger partial charge on any atom is -0.206 e. The highest BCUT2D eigenvalue weighted by Gasteiger charge is 2.26. The highest BCUT2D eigenvalue weighted by Crippen LogP contribution is 2.40. The number of unbranched alkanes of at least 4 members (excludes halogenated alkanes) is 5. The zero-order chi connectivity index (χ0) is 23.4. The Morgan fingerprint density at radius 2 is 1.36 bits per heavy atom. The maximum atomic E-state index is 15.0. The monoisotopic (exact) mass is 458 g/mol. The fourth-order valence-electron chi connectivity index (χ4n) is 5.63. The van der Waals surface area contributed by atoms with Gasteiger partial charge in [-0.3, -0.25) is 0 Å². The summed E-state index contributed by atoms with van der Waals surface area (Å²) in [5, 5.41) is 0. The first-order chi connectivity index (χ1) is 16.0. The second-order valence-electron chi connectivity index (χ2n) is 9.95. The van der Waals surface area contributed by atoms with Gasteiger partial charge in [0.1, 0.15) is 11.6 Å². The molecule has 0 aliphatic heterocycles. The van der Waals surface area contributed by atoms with Crippen molar-refractivity contribution in [1.29, 1.82) is 0 Å². The lowest BCUT2D eigenvalue weighted by molar-refractivity contribution is 0.301. The predicted octanol–water partition coefficient (Wildman–Crippen LogP) is 9.36. The lowest BCUT2D eigenvalue weighted by Crippen LogP contribution is -2.14. The van der Waals surface area contributed by atoms with Crippen LogP contribution in [0, 0.1) is 29.2 Å². The molecule has 1 saturated carbocycles. The van der Waals surface area contributed by atoms with Gasteiger partial charge in [-0.1, -0.05) is 57.9 Å². The Hall–Kier alpha value is -2.10. The van der Waals surface area contributed by atoms with Crippen molar-refractivity contribution in [3.63, 3.8) is 0 Å². The summed E-state index contributed by atoms with van der Waals surface area (Å²) in [4.78, 5) is 0. The Morgan fingerprint density at radius 1 is 0.727 bits per heavy atom. The van der Waals surface area contributed by atoms with Crippen LogP contribution in [0.5, 0.6) is 0 Å². The Morgan fingerprint density at radius 3 is 2.06 bits per heavy atom. The van der Waals surface area contributed by atoms with Crippen molar-refractivity contribution in [2.24, 2.45) is 5.92 Å². The largest absolute Gasteiger partial charge is 0.206 e. The zero-order valence-electron chi connectivity index (χ0n) is 19.5. The normalized spacial score (nSPS) is 20.1. The third-order valence-corrected chi connectivity index (χ3v) is 7.56.